The van der Waals surface area contributed by atoms with Gasteiger partial charge in [0.2, 0.25) is 0 Å². The third kappa shape index (κ3) is 5.34. The van der Waals surface area contributed by atoms with Crippen LogP contribution in [0.4, 0.5) is 0 Å². The molecule has 0 spiro atoms. The van der Waals surface area contributed by atoms with Crippen molar-refractivity contribution in [2.75, 3.05) is 20.3 Å². The highest BCUT2D eigenvalue weighted by Crippen LogP contribution is 2.33. The maximum Gasteiger partial charge on any atom is 0.309 e. The fourth-order valence-electron chi connectivity index (χ4n) is 2.98. The van der Waals surface area contributed by atoms with Gasteiger partial charge in [-0.3, -0.25) is 4.79 Å². The molecule has 2 atom stereocenters. The summed E-state index contributed by atoms with van der Waals surface area (Å²) in [5.41, 5.74) is 0.814. The molecule has 138 valence electrons. The summed E-state index contributed by atoms with van der Waals surface area (Å²) in [7, 11) is 1.38. The predicted molar refractivity (Wildman–Crippen MR) is 90.6 cm³/mol. The van der Waals surface area contributed by atoms with Crippen LogP contribution in [0.15, 0.2) is 18.2 Å². The topological polar surface area (TPSA) is 63.2 Å². The van der Waals surface area contributed by atoms with Gasteiger partial charge < -0.3 is 23.7 Å². The molecule has 0 saturated carbocycles. The first-order chi connectivity index (χ1) is 12.2. The number of esters is 1. The Morgan fingerprint density at radius 2 is 1.64 bits per heavy atom. The second kappa shape index (κ2) is 9.06. The molecule has 2 aliphatic rings. The zero-order valence-electron chi connectivity index (χ0n) is 14.7. The molecular weight excluding hydrogens is 324 g/mol. The Bertz CT molecular complexity index is 561. The van der Waals surface area contributed by atoms with Gasteiger partial charge in [-0.25, -0.2) is 0 Å². The quantitative estimate of drug-likeness (QED) is 0.734. The van der Waals surface area contributed by atoms with E-state index >= 15 is 0 Å². The van der Waals surface area contributed by atoms with Gasteiger partial charge in [0.05, 0.1) is 26.7 Å². The highest BCUT2D eigenvalue weighted by atomic mass is 16.7. The van der Waals surface area contributed by atoms with E-state index in [1.807, 2.05) is 18.2 Å². The van der Waals surface area contributed by atoms with E-state index < -0.39 is 0 Å². The number of hydrogen-bond donors (Lipinski definition) is 0. The van der Waals surface area contributed by atoms with Crippen LogP contribution in [-0.4, -0.2) is 38.9 Å². The van der Waals surface area contributed by atoms with Crippen molar-refractivity contribution in [2.24, 2.45) is 0 Å². The number of carbonyl (C=O) groups excluding carboxylic acids is 1. The SMILES string of the molecule is COC(=O)Cc1ccc(OC2CCCCO2)c(OC2CCCCO2)c1. The Morgan fingerprint density at radius 1 is 1.00 bits per heavy atom. The molecule has 3 rings (SSSR count). The molecule has 1 aromatic rings. The van der Waals surface area contributed by atoms with Crippen molar-refractivity contribution in [3.63, 3.8) is 0 Å². The monoisotopic (exact) mass is 350 g/mol. The Morgan fingerprint density at radius 3 is 2.20 bits per heavy atom. The molecular formula is C19H26O6. The van der Waals surface area contributed by atoms with Crippen LogP contribution in [0.2, 0.25) is 0 Å². The average molecular weight is 350 g/mol. The summed E-state index contributed by atoms with van der Waals surface area (Å²) < 4.78 is 28.1. The van der Waals surface area contributed by atoms with Crippen molar-refractivity contribution < 1.29 is 28.5 Å². The molecule has 0 radical (unpaired) electrons. The van der Waals surface area contributed by atoms with E-state index in [-0.39, 0.29) is 25.0 Å². The summed E-state index contributed by atoms with van der Waals surface area (Å²) in [5.74, 6) is 0.918. The van der Waals surface area contributed by atoms with Gasteiger partial charge in [0.25, 0.3) is 0 Å². The lowest BCUT2D eigenvalue weighted by Crippen LogP contribution is -2.27. The molecule has 2 aliphatic heterocycles. The van der Waals surface area contributed by atoms with E-state index in [9.17, 15) is 4.79 Å². The lowest BCUT2D eigenvalue weighted by Gasteiger charge is -2.27. The van der Waals surface area contributed by atoms with Crippen molar-refractivity contribution in [1.29, 1.82) is 0 Å². The molecule has 0 aliphatic carbocycles. The minimum atomic E-state index is -0.288. The van der Waals surface area contributed by atoms with Gasteiger partial charge in [0.1, 0.15) is 0 Å². The molecule has 2 saturated heterocycles. The summed E-state index contributed by atoms with van der Waals surface area (Å²) in [6.07, 6.45) is 5.66. The van der Waals surface area contributed by atoms with E-state index in [0.29, 0.717) is 24.7 Å². The average Bonchev–Trinajstić information content (AvgIpc) is 2.65. The van der Waals surface area contributed by atoms with E-state index in [2.05, 4.69) is 0 Å². The molecule has 6 nitrogen and oxygen atoms in total. The minimum Gasteiger partial charge on any atom is -0.469 e. The third-order valence-corrected chi connectivity index (χ3v) is 4.38. The molecule has 0 N–H and O–H groups in total. The summed E-state index contributed by atoms with van der Waals surface area (Å²) in [5, 5.41) is 0. The first kappa shape index (κ1) is 18.0. The molecule has 0 amide bonds. The normalized spacial score (nSPS) is 23.7. The molecule has 6 heteroatoms. The zero-order chi connectivity index (χ0) is 17.5. The molecule has 2 unspecified atom stereocenters. The highest BCUT2D eigenvalue weighted by Gasteiger charge is 2.21. The van der Waals surface area contributed by atoms with Crippen molar-refractivity contribution in [3.05, 3.63) is 23.8 Å². The largest absolute Gasteiger partial charge is 0.469 e. The van der Waals surface area contributed by atoms with Gasteiger partial charge in [-0.1, -0.05) is 6.07 Å². The van der Waals surface area contributed by atoms with E-state index in [4.69, 9.17) is 23.7 Å². The Labute approximate surface area is 148 Å². The Hall–Kier alpha value is -1.79. The second-order valence-electron chi connectivity index (χ2n) is 6.36. The van der Waals surface area contributed by atoms with Crippen LogP contribution < -0.4 is 9.47 Å². The molecule has 25 heavy (non-hydrogen) atoms. The Balaban J connectivity index is 1.74. The lowest BCUT2D eigenvalue weighted by atomic mass is 10.1. The van der Waals surface area contributed by atoms with Crippen LogP contribution >= 0.6 is 0 Å². The maximum absolute atomic E-state index is 11.5. The smallest absolute Gasteiger partial charge is 0.309 e. The van der Waals surface area contributed by atoms with Crippen LogP contribution in [0.25, 0.3) is 0 Å². The molecule has 0 aromatic heterocycles. The lowest BCUT2D eigenvalue weighted by molar-refractivity contribution is -0.139. The van der Waals surface area contributed by atoms with Crippen LogP contribution in [0.3, 0.4) is 0 Å². The predicted octanol–water partition coefficient (Wildman–Crippen LogP) is 3.21. The first-order valence-corrected chi connectivity index (χ1v) is 9.01. The highest BCUT2D eigenvalue weighted by molar-refractivity contribution is 5.72. The molecule has 0 bridgehead atoms. The van der Waals surface area contributed by atoms with Crippen LogP contribution in [0.1, 0.15) is 44.1 Å². The number of carbonyl (C=O) groups is 1. The number of ether oxygens (including phenoxy) is 5. The second-order valence-corrected chi connectivity index (χ2v) is 6.36. The third-order valence-electron chi connectivity index (χ3n) is 4.38. The zero-order valence-corrected chi connectivity index (χ0v) is 14.7. The number of benzene rings is 1. The fraction of sp³-hybridized carbons (Fsp3) is 0.632. The fourth-order valence-corrected chi connectivity index (χ4v) is 2.98. The van der Waals surface area contributed by atoms with Gasteiger partial charge in [0.15, 0.2) is 24.1 Å². The molecule has 1 aromatic carbocycles. The van der Waals surface area contributed by atoms with Gasteiger partial charge in [-0.05, 0) is 43.4 Å². The van der Waals surface area contributed by atoms with Gasteiger partial charge in [0, 0.05) is 12.8 Å². The van der Waals surface area contributed by atoms with Crippen molar-refractivity contribution in [1.82, 2.24) is 0 Å². The summed E-state index contributed by atoms with van der Waals surface area (Å²) in [4.78, 5) is 11.5. The van der Waals surface area contributed by atoms with Gasteiger partial charge >= 0.3 is 5.97 Å². The van der Waals surface area contributed by atoms with E-state index in [1.165, 1.54) is 7.11 Å². The summed E-state index contributed by atoms with van der Waals surface area (Å²) in [6, 6.07) is 5.51. The van der Waals surface area contributed by atoms with Crippen molar-refractivity contribution in [2.45, 2.75) is 57.5 Å². The summed E-state index contributed by atoms with van der Waals surface area (Å²) >= 11 is 0. The van der Waals surface area contributed by atoms with Crippen LogP contribution in [-0.2, 0) is 25.4 Å². The standard InChI is InChI=1S/C19H26O6/c1-21-17(20)13-14-8-9-15(24-18-6-2-4-10-22-18)16(12-14)25-19-7-3-5-11-23-19/h8-9,12,18-19H,2-7,10-11,13H2,1H3. The molecule has 2 heterocycles. The maximum atomic E-state index is 11.5. The molecule has 2 fully saturated rings. The van der Waals surface area contributed by atoms with Crippen molar-refractivity contribution >= 4 is 5.97 Å². The first-order valence-electron chi connectivity index (χ1n) is 9.01. The van der Waals surface area contributed by atoms with Gasteiger partial charge in [-0.2, -0.15) is 0 Å². The number of hydrogen-bond acceptors (Lipinski definition) is 6. The van der Waals surface area contributed by atoms with E-state index in [1.54, 1.807) is 0 Å². The summed E-state index contributed by atoms with van der Waals surface area (Å²) in [6.45, 7) is 1.42. The number of rotatable bonds is 6. The number of methoxy groups -OCH3 is 1. The van der Waals surface area contributed by atoms with E-state index in [0.717, 1.165) is 44.1 Å². The van der Waals surface area contributed by atoms with Gasteiger partial charge in [-0.15, -0.1) is 0 Å². The Kier molecular flexibility index (Phi) is 6.53. The minimum absolute atomic E-state index is 0.193. The van der Waals surface area contributed by atoms with Crippen LogP contribution in [0.5, 0.6) is 11.5 Å². The van der Waals surface area contributed by atoms with Crippen molar-refractivity contribution in [3.8, 4) is 11.5 Å². The van der Waals surface area contributed by atoms with Crippen LogP contribution in [0, 0.1) is 0 Å².